The molecule has 0 fully saturated rings. The number of nitrogens with one attached hydrogen (secondary N) is 1. The highest BCUT2D eigenvalue weighted by molar-refractivity contribution is 5.73. The molecule has 0 saturated heterocycles. The van der Waals surface area contributed by atoms with Crippen LogP contribution in [0.25, 0.3) is 0 Å². The van der Waals surface area contributed by atoms with Gasteiger partial charge in [0.15, 0.2) is 0 Å². The molecule has 0 aliphatic rings. The Morgan fingerprint density at radius 1 is 1.22 bits per heavy atom. The van der Waals surface area contributed by atoms with Crippen LogP contribution in [-0.4, -0.2) is 19.0 Å². The third kappa shape index (κ3) is 6.40. The van der Waals surface area contributed by atoms with Gasteiger partial charge in [0.05, 0.1) is 0 Å². The van der Waals surface area contributed by atoms with Gasteiger partial charge in [-0.1, -0.05) is 37.3 Å². The van der Waals surface area contributed by atoms with Crippen molar-refractivity contribution in [3.8, 4) is 0 Å². The summed E-state index contributed by atoms with van der Waals surface area (Å²) in [6, 6.07) is 10.6. The summed E-state index contributed by atoms with van der Waals surface area (Å²) in [6.07, 6.45) is 3.54. The third-order valence-corrected chi connectivity index (χ3v) is 3.15. The van der Waals surface area contributed by atoms with E-state index >= 15 is 0 Å². The van der Waals surface area contributed by atoms with Crippen LogP contribution < -0.4 is 11.1 Å². The van der Waals surface area contributed by atoms with E-state index in [-0.39, 0.29) is 5.91 Å². The van der Waals surface area contributed by atoms with E-state index in [1.165, 1.54) is 5.56 Å². The molecule has 3 nitrogen and oxygen atoms in total. The first-order chi connectivity index (χ1) is 8.70. The summed E-state index contributed by atoms with van der Waals surface area (Å²) in [5, 5.41) is 3.41. The van der Waals surface area contributed by atoms with Gasteiger partial charge in [-0.05, 0) is 43.8 Å². The molecular formula is C15H24N2O. The maximum absolute atomic E-state index is 10.5. The second kappa shape index (κ2) is 8.70. The average molecular weight is 248 g/mol. The Balaban J connectivity index is 2.03. The van der Waals surface area contributed by atoms with Crippen LogP contribution in [-0.2, 0) is 4.79 Å². The Morgan fingerprint density at radius 2 is 1.94 bits per heavy atom. The Morgan fingerprint density at radius 3 is 2.61 bits per heavy atom. The second-order valence-electron chi connectivity index (χ2n) is 4.77. The van der Waals surface area contributed by atoms with Crippen LogP contribution in [0.15, 0.2) is 30.3 Å². The normalized spacial score (nSPS) is 12.3. The van der Waals surface area contributed by atoms with Gasteiger partial charge in [-0.3, -0.25) is 4.79 Å². The summed E-state index contributed by atoms with van der Waals surface area (Å²) < 4.78 is 0. The first kappa shape index (κ1) is 14.7. The SMILES string of the molecule is CC(CCNCCCCC(N)=O)c1ccccc1. The Kier molecular flexibility index (Phi) is 7.11. The minimum Gasteiger partial charge on any atom is -0.370 e. The van der Waals surface area contributed by atoms with E-state index in [9.17, 15) is 4.79 Å². The molecule has 3 heteroatoms. The molecule has 0 radical (unpaired) electrons. The van der Waals surface area contributed by atoms with Crippen molar-refractivity contribution in [2.75, 3.05) is 13.1 Å². The summed E-state index contributed by atoms with van der Waals surface area (Å²) in [4.78, 5) is 10.5. The molecule has 1 atom stereocenters. The smallest absolute Gasteiger partial charge is 0.217 e. The predicted octanol–water partition coefficient (Wildman–Crippen LogP) is 2.43. The lowest BCUT2D eigenvalue weighted by atomic mass is 9.98. The van der Waals surface area contributed by atoms with Crippen molar-refractivity contribution < 1.29 is 4.79 Å². The number of primary amides is 1. The van der Waals surface area contributed by atoms with Crippen LogP contribution in [0, 0.1) is 0 Å². The van der Waals surface area contributed by atoms with E-state index in [4.69, 9.17) is 5.73 Å². The molecule has 1 unspecified atom stereocenters. The van der Waals surface area contributed by atoms with Crippen molar-refractivity contribution in [2.45, 2.75) is 38.5 Å². The summed E-state index contributed by atoms with van der Waals surface area (Å²) in [6.45, 7) is 4.24. The van der Waals surface area contributed by atoms with Crippen LogP contribution in [0.3, 0.4) is 0 Å². The third-order valence-electron chi connectivity index (χ3n) is 3.15. The van der Waals surface area contributed by atoms with Gasteiger partial charge in [0.1, 0.15) is 0 Å². The lowest BCUT2D eigenvalue weighted by molar-refractivity contribution is -0.118. The van der Waals surface area contributed by atoms with E-state index in [1.54, 1.807) is 0 Å². The number of unbranched alkanes of at least 4 members (excludes halogenated alkanes) is 1. The van der Waals surface area contributed by atoms with Crippen molar-refractivity contribution >= 4 is 5.91 Å². The molecule has 0 aromatic heterocycles. The van der Waals surface area contributed by atoms with Crippen molar-refractivity contribution in [2.24, 2.45) is 5.73 Å². The maximum atomic E-state index is 10.5. The molecule has 100 valence electrons. The summed E-state index contributed by atoms with van der Waals surface area (Å²) in [5.74, 6) is 0.386. The molecule has 0 spiro atoms. The first-order valence-electron chi connectivity index (χ1n) is 6.74. The monoisotopic (exact) mass is 248 g/mol. The van der Waals surface area contributed by atoms with Crippen LogP contribution in [0.4, 0.5) is 0 Å². The van der Waals surface area contributed by atoms with Crippen LogP contribution in [0.2, 0.25) is 0 Å². The van der Waals surface area contributed by atoms with E-state index in [0.717, 1.165) is 32.4 Å². The number of nitrogens with two attached hydrogens (primary N) is 1. The largest absolute Gasteiger partial charge is 0.370 e. The molecule has 0 bridgehead atoms. The van der Waals surface area contributed by atoms with Gasteiger partial charge in [0, 0.05) is 6.42 Å². The topological polar surface area (TPSA) is 55.1 Å². The molecule has 0 heterocycles. The molecule has 1 rings (SSSR count). The Hall–Kier alpha value is -1.35. The van der Waals surface area contributed by atoms with E-state index in [2.05, 4.69) is 36.5 Å². The Bertz CT molecular complexity index is 338. The lowest BCUT2D eigenvalue weighted by Crippen LogP contribution is -2.19. The number of carbonyl (C=O) groups excluding carboxylic acids is 1. The molecule has 0 aliphatic heterocycles. The number of benzene rings is 1. The highest BCUT2D eigenvalue weighted by Crippen LogP contribution is 2.17. The number of hydrogen-bond donors (Lipinski definition) is 2. The van der Waals surface area contributed by atoms with E-state index in [1.807, 2.05) is 6.07 Å². The van der Waals surface area contributed by atoms with Crippen LogP contribution in [0.1, 0.15) is 44.1 Å². The minimum absolute atomic E-state index is 0.201. The van der Waals surface area contributed by atoms with Crippen molar-refractivity contribution in [3.05, 3.63) is 35.9 Å². The van der Waals surface area contributed by atoms with Crippen molar-refractivity contribution in [3.63, 3.8) is 0 Å². The maximum Gasteiger partial charge on any atom is 0.217 e. The zero-order chi connectivity index (χ0) is 13.2. The van der Waals surface area contributed by atoms with Crippen molar-refractivity contribution in [1.29, 1.82) is 0 Å². The van der Waals surface area contributed by atoms with E-state index in [0.29, 0.717) is 12.3 Å². The van der Waals surface area contributed by atoms with Crippen LogP contribution in [0.5, 0.6) is 0 Å². The highest BCUT2D eigenvalue weighted by atomic mass is 16.1. The summed E-state index contributed by atoms with van der Waals surface area (Å²) in [7, 11) is 0. The van der Waals surface area contributed by atoms with Crippen molar-refractivity contribution in [1.82, 2.24) is 5.32 Å². The van der Waals surface area contributed by atoms with Gasteiger partial charge >= 0.3 is 0 Å². The molecule has 0 saturated carbocycles. The number of rotatable bonds is 9. The molecular weight excluding hydrogens is 224 g/mol. The molecule has 1 amide bonds. The highest BCUT2D eigenvalue weighted by Gasteiger charge is 2.03. The number of hydrogen-bond acceptors (Lipinski definition) is 2. The fourth-order valence-corrected chi connectivity index (χ4v) is 1.94. The van der Waals surface area contributed by atoms with Crippen LogP contribution >= 0.6 is 0 Å². The van der Waals surface area contributed by atoms with E-state index < -0.39 is 0 Å². The number of carbonyl (C=O) groups is 1. The summed E-state index contributed by atoms with van der Waals surface area (Å²) in [5.41, 5.74) is 6.47. The molecule has 18 heavy (non-hydrogen) atoms. The molecule has 1 aromatic carbocycles. The molecule has 0 aliphatic carbocycles. The zero-order valence-electron chi connectivity index (χ0n) is 11.2. The first-order valence-corrected chi connectivity index (χ1v) is 6.74. The predicted molar refractivity (Wildman–Crippen MR) is 75.4 cm³/mol. The fourth-order valence-electron chi connectivity index (χ4n) is 1.94. The van der Waals surface area contributed by atoms with Gasteiger partial charge in [0.2, 0.25) is 5.91 Å². The van der Waals surface area contributed by atoms with Gasteiger partial charge in [-0.2, -0.15) is 0 Å². The molecule has 3 N–H and O–H groups in total. The van der Waals surface area contributed by atoms with Gasteiger partial charge in [-0.15, -0.1) is 0 Å². The Labute approximate surface area is 110 Å². The number of amides is 1. The quantitative estimate of drug-likeness (QED) is 0.659. The standard InChI is InChI=1S/C15H24N2O/c1-13(14-7-3-2-4-8-14)10-12-17-11-6-5-9-15(16)18/h2-4,7-8,13,17H,5-6,9-12H2,1H3,(H2,16,18). The van der Waals surface area contributed by atoms with Gasteiger partial charge < -0.3 is 11.1 Å². The van der Waals surface area contributed by atoms with Gasteiger partial charge in [0.25, 0.3) is 0 Å². The summed E-state index contributed by atoms with van der Waals surface area (Å²) >= 11 is 0. The molecule has 1 aromatic rings. The zero-order valence-corrected chi connectivity index (χ0v) is 11.2. The second-order valence-corrected chi connectivity index (χ2v) is 4.77. The van der Waals surface area contributed by atoms with Gasteiger partial charge in [-0.25, -0.2) is 0 Å². The lowest BCUT2D eigenvalue weighted by Gasteiger charge is -2.12. The minimum atomic E-state index is -0.201. The fraction of sp³-hybridized carbons (Fsp3) is 0.533. The average Bonchev–Trinajstić information content (AvgIpc) is 2.38.